The summed E-state index contributed by atoms with van der Waals surface area (Å²) in [5, 5.41) is 42.9. The number of carboxylic acid groups (broad SMARTS) is 2. The van der Waals surface area contributed by atoms with Gasteiger partial charge in [0, 0.05) is 113 Å². The van der Waals surface area contributed by atoms with Crippen LogP contribution in [0.15, 0.2) is 0 Å². The largest absolute Gasteiger partial charge is 0.503 e. The molecule has 0 rings (SSSR count). The fourth-order valence-electron chi connectivity index (χ4n) is 1.60. The van der Waals surface area contributed by atoms with Gasteiger partial charge < -0.3 is 49.4 Å². The average Bonchev–Trinajstić information content (AvgIpc) is 2.71. The molecule has 0 aliphatic rings. The van der Waals surface area contributed by atoms with Crippen molar-refractivity contribution in [3.05, 3.63) is 0 Å². The molecule has 0 aromatic heterocycles. The van der Waals surface area contributed by atoms with Crippen molar-refractivity contribution in [3.8, 4) is 0 Å². The molecule has 224 valence electrons. The SMILES string of the molecule is CN(C)C(=N)N(C)C.CN(C)C(=N)N(C)C.CN(C)C(=N)N(C)C.CN(C)C(=N)N(C)C.O=C(O)O.P. The van der Waals surface area contributed by atoms with Gasteiger partial charge in [-0.15, -0.1) is 0 Å². The Bertz CT molecular complexity index is 498. The van der Waals surface area contributed by atoms with Gasteiger partial charge in [-0.05, 0) is 0 Å². The van der Waals surface area contributed by atoms with Gasteiger partial charge in [0.2, 0.25) is 0 Å². The summed E-state index contributed by atoms with van der Waals surface area (Å²) in [5.41, 5.74) is 0. The number of hydrogen-bond donors (Lipinski definition) is 6. The lowest BCUT2D eigenvalue weighted by molar-refractivity contribution is 0.137. The van der Waals surface area contributed by atoms with E-state index in [0.717, 1.165) is 0 Å². The highest BCUT2D eigenvalue weighted by molar-refractivity contribution is 6.92. The first kappa shape index (κ1) is 47.0. The molecule has 0 fully saturated rings. The van der Waals surface area contributed by atoms with Crippen LogP contribution in [0.1, 0.15) is 0 Å². The van der Waals surface area contributed by atoms with Gasteiger partial charge in [-0.1, -0.05) is 0 Å². The lowest BCUT2D eigenvalue weighted by Crippen LogP contribution is -2.34. The molecule has 0 heterocycles. The molecule has 0 aromatic rings. The van der Waals surface area contributed by atoms with Crippen LogP contribution in [0, 0.1) is 21.6 Å². The van der Waals surface area contributed by atoms with Crippen LogP contribution in [0.4, 0.5) is 4.79 Å². The van der Waals surface area contributed by atoms with Crippen molar-refractivity contribution >= 4 is 39.9 Å². The predicted molar refractivity (Wildman–Crippen MR) is 162 cm³/mol. The predicted octanol–water partition coefficient (Wildman–Crippen LogP) is 0.458. The highest BCUT2D eigenvalue weighted by atomic mass is 31.0. The maximum Gasteiger partial charge on any atom is 0.503 e. The van der Waals surface area contributed by atoms with Crippen LogP contribution in [-0.2, 0) is 0 Å². The molecule has 0 saturated carbocycles. The maximum atomic E-state index is 8.56. The molecule has 0 bridgehead atoms. The smallest absolute Gasteiger partial charge is 0.450 e. The van der Waals surface area contributed by atoms with Crippen molar-refractivity contribution in [2.45, 2.75) is 0 Å². The van der Waals surface area contributed by atoms with Gasteiger partial charge in [0.25, 0.3) is 0 Å². The molecule has 0 saturated heterocycles. The third kappa shape index (κ3) is 37.5. The summed E-state index contributed by atoms with van der Waals surface area (Å²) in [4.78, 5) is 22.6. The molecule has 0 aromatic carbocycles. The average molecular weight is 557 g/mol. The van der Waals surface area contributed by atoms with E-state index < -0.39 is 6.16 Å². The maximum absolute atomic E-state index is 8.56. The zero-order chi connectivity index (χ0) is 30.5. The Morgan fingerprint density at radius 2 is 0.432 bits per heavy atom. The second-order valence-corrected chi connectivity index (χ2v) is 8.73. The topological polar surface area (TPSA) is 179 Å². The molecular formula is C21H57N12O3P. The molecule has 37 heavy (non-hydrogen) atoms. The van der Waals surface area contributed by atoms with Crippen molar-refractivity contribution in [1.82, 2.24) is 39.2 Å². The fraction of sp³-hybridized carbons (Fsp3) is 0.762. The van der Waals surface area contributed by atoms with Crippen molar-refractivity contribution in [3.63, 3.8) is 0 Å². The van der Waals surface area contributed by atoms with Crippen molar-refractivity contribution < 1.29 is 15.0 Å². The number of hydrogen-bond acceptors (Lipinski definition) is 5. The first-order chi connectivity index (χ1) is 15.9. The van der Waals surface area contributed by atoms with Crippen LogP contribution in [0.2, 0.25) is 0 Å². The van der Waals surface area contributed by atoms with Gasteiger partial charge in [0.15, 0.2) is 23.8 Å². The highest BCUT2D eigenvalue weighted by Gasteiger charge is 1.99. The standard InChI is InChI=1S/4C5H13N3.CH2O3.H3P/c4*1-7(2)5(6)8(3)4;2-1(3)4;/h4*6H,1-4H3;(H2,2,3,4);1H3. The van der Waals surface area contributed by atoms with Crippen LogP contribution in [0.25, 0.3) is 0 Å². The first-order valence-electron chi connectivity index (χ1n) is 10.6. The number of nitrogens with zero attached hydrogens (tertiary/aromatic N) is 8. The van der Waals surface area contributed by atoms with Crippen LogP contribution in [0.5, 0.6) is 0 Å². The van der Waals surface area contributed by atoms with E-state index in [1.165, 1.54) is 0 Å². The zero-order valence-electron chi connectivity index (χ0n) is 26.1. The minimum Gasteiger partial charge on any atom is -0.450 e. The van der Waals surface area contributed by atoms with Crippen molar-refractivity contribution in [2.24, 2.45) is 0 Å². The van der Waals surface area contributed by atoms with E-state index in [4.69, 9.17) is 36.6 Å². The Hall–Kier alpha value is -3.22. The van der Waals surface area contributed by atoms with E-state index in [9.17, 15) is 0 Å². The molecule has 16 heteroatoms. The van der Waals surface area contributed by atoms with E-state index in [0.29, 0.717) is 23.8 Å². The molecule has 0 radical (unpaired) electrons. The van der Waals surface area contributed by atoms with Crippen molar-refractivity contribution in [1.29, 1.82) is 21.6 Å². The second kappa shape index (κ2) is 25.9. The molecular weight excluding hydrogens is 499 g/mol. The summed E-state index contributed by atoms with van der Waals surface area (Å²) < 4.78 is 0. The number of nitrogens with one attached hydrogen (secondary N) is 4. The van der Waals surface area contributed by atoms with Gasteiger partial charge in [-0.25, -0.2) is 4.79 Å². The quantitative estimate of drug-likeness (QED) is 0.139. The Balaban J connectivity index is -0.0000000819. The summed E-state index contributed by atoms with van der Waals surface area (Å²) in [5.74, 6) is 2.07. The molecule has 1 atom stereocenters. The highest BCUT2D eigenvalue weighted by Crippen LogP contribution is 1.82. The second-order valence-electron chi connectivity index (χ2n) is 8.73. The van der Waals surface area contributed by atoms with Crippen molar-refractivity contribution in [2.75, 3.05) is 113 Å². The summed E-state index contributed by atoms with van der Waals surface area (Å²) in [7, 11) is 29.6. The van der Waals surface area contributed by atoms with E-state index in [-0.39, 0.29) is 9.90 Å². The van der Waals surface area contributed by atoms with E-state index in [2.05, 4.69) is 0 Å². The zero-order valence-corrected chi connectivity index (χ0v) is 27.5. The molecule has 15 nitrogen and oxygen atoms in total. The summed E-state index contributed by atoms with van der Waals surface area (Å²) in [6.45, 7) is 0. The Kier molecular flexibility index (Phi) is 32.9. The molecule has 6 N–H and O–H groups in total. The van der Waals surface area contributed by atoms with Gasteiger partial charge in [-0.2, -0.15) is 9.90 Å². The van der Waals surface area contributed by atoms with E-state index >= 15 is 0 Å². The fourth-order valence-corrected chi connectivity index (χ4v) is 1.60. The van der Waals surface area contributed by atoms with Crippen LogP contribution >= 0.6 is 9.90 Å². The van der Waals surface area contributed by atoms with Gasteiger partial charge in [0.1, 0.15) is 0 Å². The molecule has 0 spiro atoms. The summed E-state index contributed by atoms with van der Waals surface area (Å²) in [6, 6.07) is 0. The normalized spacial score (nSPS) is 8.00. The lowest BCUT2D eigenvalue weighted by atomic mass is 10.7. The third-order valence-corrected chi connectivity index (χ3v) is 3.39. The van der Waals surface area contributed by atoms with Crippen LogP contribution < -0.4 is 0 Å². The van der Waals surface area contributed by atoms with E-state index in [1.807, 2.05) is 113 Å². The molecule has 1 unspecified atom stereocenters. The molecule has 0 aliphatic carbocycles. The minimum atomic E-state index is -1.83. The number of guanidine groups is 4. The Morgan fingerprint density at radius 1 is 0.378 bits per heavy atom. The number of rotatable bonds is 0. The summed E-state index contributed by atoms with van der Waals surface area (Å²) >= 11 is 0. The number of carbonyl (C=O) groups is 1. The lowest BCUT2D eigenvalue weighted by Gasteiger charge is -2.19. The minimum absolute atomic E-state index is 0. The van der Waals surface area contributed by atoms with E-state index in [1.54, 1.807) is 39.2 Å². The van der Waals surface area contributed by atoms with Gasteiger partial charge >= 0.3 is 6.16 Å². The van der Waals surface area contributed by atoms with Gasteiger partial charge in [-0.3, -0.25) is 21.6 Å². The summed E-state index contributed by atoms with van der Waals surface area (Å²) in [6.07, 6.45) is -1.83. The Labute approximate surface area is 228 Å². The Morgan fingerprint density at radius 3 is 0.432 bits per heavy atom. The molecule has 0 amide bonds. The van der Waals surface area contributed by atoms with Crippen LogP contribution in [0.3, 0.4) is 0 Å². The molecule has 0 aliphatic heterocycles. The monoisotopic (exact) mass is 556 g/mol. The van der Waals surface area contributed by atoms with Crippen LogP contribution in [-0.4, -0.2) is 192 Å². The van der Waals surface area contributed by atoms with Gasteiger partial charge in [0.05, 0.1) is 0 Å². The third-order valence-electron chi connectivity index (χ3n) is 3.39. The first-order valence-corrected chi connectivity index (χ1v) is 10.6.